The molecule has 14 heteroatoms. The van der Waals surface area contributed by atoms with Gasteiger partial charge in [-0.15, -0.1) is 0 Å². The van der Waals surface area contributed by atoms with Gasteiger partial charge in [0, 0.05) is 26.3 Å². The molecule has 9 nitrogen and oxygen atoms in total. The fourth-order valence-corrected chi connectivity index (χ4v) is 6.80. The van der Waals surface area contributed by atoms with E-state index in [9.17, 15) is 35.6 Å². The van der Waals surface area contributed by atoms with Gasteiger partial charge in [-0.2, -0.15) is 17.5 Å². The SMILES string of the molecule is COCc1cccc(-c2ccc([C@H](N[C@@H](CC(C)(C)F)C(=O)NC3CCCN(S(=O)(=O)c4ccccn4)CC3=O)C(F)(F)F)cc2)c1. The molecule has 47 heavy (non-hydrogen) atoms. The predicted molar refractivity (Wildman–Crippen MR) is 167 cm³/mol. The number of pyridine rings is 1. The highest BCUT2D eigenvalue weighted by atomic mass is 32.2. The third-order valence-corrected chi connectivity index (χ3v) is 9.46. The summed E-state index contributed by atoms with van der Waals surface area (Å²) < 4.78 is 90.5. The largest absolute Gasteiger partial charge is 0.407 e. The number of alkyl halides is 4. The van der Waals surface area contributed by atoms with Crippen molar-refractivity contribution in [1.82, 2.24) is 19.9 Å². The molecule has 1 amide bonds. The standard InChI is InChI=1S/C33H38F4N4O5S/c1-32(2,34)19-27(31(43)40-26-10-7-17-41(20-28(26)42)47(44,45)29-11-4-5-16-38-29)39-30(33(35,36)37)24-14-12-23(13-15-24)25-9-6-8-22(18-25)21-46-3/h4-6,8-9,11-16,18,26-27,30,39H,7,10,17,19-21H2,1-3H3,(H,40,43)/t26?,27-,30-/m0/s1. The molecule has 1 fully saturated rings. The van der Waals surface area contributed by atoms with Gasteiger partial charge in [0.1, 0.15) is 11.7 Å². The Balaban J connectivity index is 1.53. The van der Waals surface area contributed by atoms with E-state index < -0.39 is 64.6 Å². The molecular formula is C33H38F4N4O5S. The summed E-state index contributed by atoms with van der Waals surface area (Å²) in [7, 11) is -2.54. The Morgan fingerprint density at radius 1 is 1.04 bits per heavy atom. The summed E-state index contributed by atoms with van der Waals surface area (Å²) in [6, 6.07) is 12.2. The van der Waals surface area contributed by atoms with E-state index >= 15 is 0 Å². The molecule has 0 spiro atoms. The number of nitrogens with zero attached hydrogens (tertiary/aromatic N) is 2. The van der Waals surface area contributed by atoms with Gasteiger partial charge in [0.15, 0.2) is 10.8 Å². The summed E-state index contributed by atoms with van der Waals surface area (Å²) in [5, 5.41) is 4.53. The lowest BCUT2D eigenvalue weighted by atomic mass is 9.95. The first-order valence-corrected chi connectivity index (χ1v) is 16.5. The average Bonchev–Trinajstić information content (AvgIpc) is 3.20. The van der Waals surface area contributed by atoms with Gasteiger partial charge < -0.3 is 10.1 Å². The highest BCUT2D eigenvalue weighted by Crippen LogP contribution is 2.35. The molecule has 1 unspecified atom stereocenters. The smallest absolute Gasteiger partial charge is 0.380 e. The van der Waals surface area contributed by atoms with E-state index in [4.69, 9.17) is 4.74 Å². The number of carbonyl (C=O) groups is 2. The second kappa shape index (κ2) is 15.0. The van der Waals surface area contributed by atoms with Crippen molar-refractivity contribution in [1.29, 1.82) is 0 Å². The molecule has 1 aliphatic rings. The van der Waals surface area contributed by atoms with Crippen molar-refractivity contribution in [3.05, 3.63) is 84.1 Å². The molecule has 0 bridgehead atoms. The number of benzene rings is 2. The topological polar surface area (TPSA) is 118 Å². The van der Waals surface area contributed by atoms with E-state index in [0.29, 0.717) is 12.2 Å². The van der Waals surface area contributed by atoms with E-state index in [1.807, 2.05) is 24.3 Å². The fraction of sp³-hybridized carbons (Fsp3) is 0.424. The Morgan fingerprint density at radius 3 is 2.38 bits per heavy atom. The van der Waals surface area contributed by atoms with Crippen molar-refractivity contribution in [3.63, 3.8) is 0 Å². The minimum atomic E-state index is -4.86. The number of ether oxygens (including phenoxy) is 1. The molecule has 1 saturated heterocycles. The van der Waals surface area contributed by atoms with Crippen LogP contribution in [0.25, 0.3) is 11.1 Å². The Bertz CT molecular complexity index is 1630. The Kier molecular flexibility index (Phi) is 11.5. The number of rotatable bonds is 12. The summed E-state index contributed by atoms with van der Waals surface area (Å²) in [6.07, 6.45) is -3.96. The highest BCUT2D eigenvalue weighted by molar-refractivity contribution is 7.89. The Labute approximate surface area is 271 Å². The number of hydrogen-bond donors (Lipinski definition) is 2. The van der Waals surface area contributed by atoms with Crippen LogP contribution in [-0.4, -0.2) is 73.5 Å². The van der Waals surface area contributed by atoms with Crippen molar-refractivity contribution in [2.75, 3.05) is 20.2 Å². The lowest BCUT2D eigenvalue weighted by molar-refractivity contribution is -0.161. The van der Waals surface area contributed by atoms with Gasteiger partial charge in [0.2, 0.25) is 5.91 Å². The predicted octanol–water partition coefficient (Wildman–Crippen LogP) is 5.13. The summed E-state index contributed by atoms with van der Waals surface area (Å²) >= 11 is 0. The number of halogens is 4. The van der Waals surface area contributed by atoms with E-state index in [2.05, 4.69) is 15.6 Å². The molecule has 0 radical (unpaired) electrons. The van der Waals surface area contributed by atoms with Crippen LogP contribution >= 0.6 is 0 Å². The summed E-state index contributed by atoms with van der Waals surface area (Å²) in [4.78, 5) is 30.4. The molecule has 0 saturated carbocycles. The number of methoxy groups -OCH3 is 1. The van der Waals surface area contributed by atoms with Gasteiger partial charge in [-0.25, -0.2) is 17.8 Å². The Morgan fingerprint density at radius 2 is 1.77 bits per heavy atom. The fourth-order valence-electron chi connectivity index (χ4n) is 5.43. The van der Waals surface area contributed by atoms with E-state index in [-0.39, 0.29) is 30.0 Å². The van der Waals surface area contributed by atoms with Crippen LogP contribution < -0.4 is 10.6 Å². The maximum Gasteiger partial charge on any atom is 0.407 e. The van der Waals surface area contributed by atoms with Gasteiger partial charge in [0.25, 0.3) is 10.0 Å². The number of Topliss-reactive ketones (excluding diaryl/α,β-unsaturated/α-hetero) is 1. The van der Waals surface area contributed by atoms with Crippen molar-refractivity contribution >= 4 is 21.7 Å². The molecule has 0 aliphatic carbocycles. The molecule has 1 aliphatic heterocycles. The van der Waals surface area contributed by atoms with Gasteiger partial charge in [-0.3, -0.25) is 14.9 Å². The van der Waals surface area contributed by atoms with Crippen molar-refractivity contribution in [3.8, 4) is 11.1 Å². The van der Waals surface area contributed by atoms with E-state index in [1.54, 1.807) is 13.2 Å². The number of ketones is 1. The van der Waals surface area contributed by atoms with Gasteiger partial charge in [-0.1, -0.05) is 48.5 Å². The van der Waals surface area contributed by atoms with E-state index in [0.717, 1.165) is 29.3 Å². The quantitative estimate of drug-likeness (QED) is 0.255. The van der Waals surface area contributed by atoms with Crippen molar-refractivity contribution in [2.45, 2.75) is 74.7 Å². The van der Waals surface area contributed by atoms with Crippen LogP contribution in [-0.2, 0) is 31.0 Å². The molecule has 2 aromatic carbocycles. The second-order valence-electron chi connectivity index (χ2n) is 12.0. The number of aromatic nitrogens is 1. The number of amides is 1. The molecule has 3 atom stereocenters. The number of carbonyl (C=O) groups excluding carboxylic acids is 2. The first kappa shape index (κ1) is 36.1. The molecule has 254 valence electrons. The molecule has 2 heterocycles. The summed E-state index contributed by atoms with van der Waals surface area (Å²) in [5.74, 6) is -1.65. The minimum Gasteiger partial charge on any atom is -0.380 e. The number of hydrogen-bond acceptors (Lipinski definition) is 7. The van der Waals surface area contributed by atoms with Crippen molar-refractivity contribution < 1.29 is 40.3 Å². The Hall–Kier alpha value is -3.72. The normalized spacial score (nSPS) is 17.9. The third kappa shape index (κ3) is 9.66. The molecule has 2 N–H and O–H groups in total. The minimum absolute atomic E-state index is 0.0287. The third-order valence-electron chi connectivity index (χ3n) is 7.70. The van der Waals surface area contributed by atoms with Crippen LogP contribution in [0, 0.1) is 0 Å². The van der Waals surface area contributed by atoms with Gasteiger partial charge >= 0.3 is 6.18 Å². The number of sulfonamides is 1. The van der Waals surface area contributed by atoms with Crippen LogP contribution in [0.15, 0.2) is 78.0 Å². The second-order valence-corrected chi connectivity index (χ2v) is 13.9. The monoisotopic (exact) mass is 678 g/mol. The molecule has 3 aromatic rings. The van der Waals surface area contributed by atoms with Crippen molar-refractivity contribution in [2.24, 2.45) is 0 Å². The lowest BCUT2D eigenvalue weighted by Crippen LogP contribution is -2.54. The first-order valence-electron chi connectivity index (χ1n) is 15.0. The zero-order valence-electron chi connectivity index (χ0n) is 26.3. The van der Waals surface area contributed by atoms with Crippen LogP contribution in [0.4, 0.5) is 17.6 Å². The first-order chi connectivity index (χ1) is 22.1. The van der Waals surface area contributed by atoms with Gasteiger partial charge in [-0.05, 0) is 67.1 Å². The van der Waals surface area contributed by atoms with Crippen LogP contribution in [0.5, 0.6) is 0 Å². The van der Waals surface area contributed by atoms with E-state index in [1.165, 1.54) is 42.6 Å². The summed E-state index contributed by atoms with van der Waals surface area (Å²) in [5.41, 5.74) is 0.0887. The van der Waals surface area contributed by atoms with Crippen LogP contribution in [0.1, 0.15) is 50.3 Å². The highest BCUT2D eigenvalue weighted by Gasteiger charge is 2.44. The molecule has 4 rings (SSSR count). The lowest BCUT2D eigenvalue weighted by Gasteiger charge is -2.31. The summed E-state index contributed by atoms with van der Waals surface area (Å²) in [6.45, 7) is 2.05. The maximum absolute atomic E-state index is 14.9. The van der Waals surface area contributed by atoms with Gasteiger partial charge in [0.05, 0.1) is 25.2 Å². The molecule has 1 aromatic heterocycles. The van der Waals surface area contributed by atoms with Crippen LogP contribution in [0.3, 0.4) is 0 Å². The molecular weight excluding hydrogens is 640 g/mol. The zero-order chi connectivity index (χ0) is 34.4. The maximum atomic E-state index is 14.9. The zero-order valence-corrected chi connectivity index (χ0v) is 27.1. The van der Waals surface area contributed by atoms with Crippen LogP contribution in [0.2, 0.25) is 0 Å². The average molecular weight is 679 g/mol. The number of nitrogens with one attached hydrogen (secondary N) is 2.